The Bertz CT molecular complexity index is 742. The van der Waals surface area contributed by atoms with E-state index in [0.29, 0.717) is 12.1 Å². The van der Waals surface area contributed by atoms with Gasteiger partial charge >= 0.3 is 5.69 Å². The van der Waals surface area contributed by atoms with Gasteiger partial charge < -0.3 is 4.57 Å². The minimum Gasteiger partial charge on any atom is -0.300 e. The number of para-hydroxylation sites is 1. The zero-order valence-corrected chi connectivity index (χ0v) is 13.6. The molecule has 1 heterocycles. The molecule has 0 atom stereocenters. The Morgan fingerprint density at radius 1 is 1.00 bits per heavy atom. The molecule has 118 valence electrons. The smallest absolute Gasteiger partial charge is 0.300 e. The minimum absolute atomic E-state index is 0.165. The summed E-state index contributed by atoms with van der Waals surface area (Å²) in [5.74, 6) is 0. The van der Waals surface area contributed by atoms with Crippen molar-refractivity contribution in [2.45, 2.75) is 46.0 Å². The second-order valence-electron chi connectivity index (χ2n) is 5.55. The predicted octanol–water partition coefficient (Wildman–Crippen LogP) is 2.83. The summed E-state index contributed by atoms with van der Waals surface area (Å²) < 4.78 is 2.91. The van der Waals surface area contributed by atoms with Gasteiger partial charge in [0.15, 0.2) is 0 Å². The highest BCUT2D eigenvalue weighted by molar-refractivity contribution is 5.33. The van der Waals surface area contributed by atoms with Crippen LogP contribution in [0.2, 0.25) is 0 Å². The van der Waals surface area contributed by atoms with Gasteiger partial charge in [0.1, 0.15) is 0 Å². The fourth-order valence-electron chi connectivity index (χ4n) is 2.87. The lowest BCUT2D eigenvalue weighted by atomic mass is 10.0. The summed E-state index contributed by atoms with van der Waals surface area (Å²) in [6.45, 7) is 4.13. The number of hydrogen-bond acceptors (Lipinski definition) is 2. The number of aromatic nitrogens is 2. The van der Waals surface area contributed by atoms with Gasteiger partial charge in [-0.05, 0) is 31.4 Å². The molecule has 2 aromatic rings. The van der Waals surface area contributed by atoms with E-state index >= 15 is 0 Å². The first-order valence-corrected chi connectivity index (χ1v) is 8.01. The predicted molar refractivity (Wildman–Crippen MR) is 89.9 cm³/mol. The molecule has 2 rings (SSSR count). The first kappa shape index (κ1) is 16.3. The normalized spacial score (nSPS) is 10.9. The molecular formula is C18H24N2O2. The van der Waals surface area contributed by atoms with Crippen LogP contribution in [0.4, 0.5) is 0 Å². The summed E-state index contributed by atoms with van der Waals surface area (Å²) in [4.78, 5) is 25.4. The lowest BCUT2D eigenvalue weighted by Gasteiger charge is -2.16. The molecular weight excluding hydrogens is 276 g/mol. The standard InChI is InChI=1S/C18H24N2O2/c1-4-6-8-13-15-16(5-2)19(3)18(22)20(17(15)21)14-11-9-7-10-12-14/h7,9-12H,4-6,8,13H2,1-3H3. The SMILES string of the molecule is CCCCCc1c(CC)n(C)c(=O)n(-c2ccccc2)c1=O. The number of rotatable bonds is 6. The van der Waals surface area contributed by atoms with Gasteiger partial charge in [-0.1, -0.05) is 44.9 Å². The van der Waals surface area contributed by atoms with E-state index in [-0.39, 0.29) is 11.2 Å². The zero-order chi connectivity index (χ0) is 16.1. The van der Waals surface area contributed by atoms with E-state index in [9.17, 15) is 9.59 Å². The van der Waals surface area contributed by atoms with Gasteiger partial charge in [-0.15, -0.1) is 0 Å². The molecule has 0 saturated heterocycles. The lowest BCUT2D eigenvalue weighted by Crippen LogP contribution is -2.41. The zero-order valence-electron chi connectivity index (χ0n) is 13.6. The van der Waals surface area contributed by atoms with Crippen LogP contribution >= 0.6 is 0 Å². The molecule has 4 nitrogen and oxygen atoms in total. The molecule has 0 radical (unpaired) electrons. The Balaban J connectivity index is 2.65. The fourth-order valence-corrected chi connectivity index (χ4v) is 2.87. The summed E-state index contributed by atoms with van der Waals surface area (Å²) in [7, 11) is 1.75. The van der Waals surface area contributed by atoms with Crippen LogP contribution in [0.1, 0.15) is 44.4 Å². The van der Waals surface area contributed by atoms with Gasteiger partial charge in [-0.2, -0.15) is 0 Å². The van der Waals surface area contributed by atoms with Crippen LogP contribution in [0.15, 0.2) is 39.9 Å². The van der Waals surface area contributed by atoms with Crippen molar-refractivity contribution in [2.24, 2.45) is 7.05 Å². The number of unbranched alkanes of at least 4 members (excludes halogenated alkanes) is 2. The number of nitrogens with zero attached hydrogens (tertiary/aromatic N) is 2. The van der Waals surface area contributed by atoms with E-state index in [4.69, 9.17) is 0 Å². The van der Waals surface area contributed by atoms with Crippen LogP contribution in [-0.4, -0.2) is 9.13 Å². The highest BCUT2D eigenvalue weighted by Crippen LogP contribution is 2.10. The van der Waals surface area contributed by atoms with Gasteiger partial charge in [0.2, 0.25) is 0 Å². The van der Waals surface area contributed by atoms with Gasteiger partial charge in [0.25, 0.3) is 5.56 Å². The Kier molecular flexibility index (Phi) is 5.36. The lowest BCUT2D eigenvalue weighted by molar-refractivity contribution is 0.645. The van der Waals surface area contributed by atoms with Crippen molar-refractivity contribution in [1.29, 1.82) is 0 Å². The Morgan fingerprint density at radius 3 is 2.27 bits per heavy atom. The highest BCUT2D eigenvalue weighted by atomic mass is 16.2. The van der Waals surface area contributed by atoms with Crippen LogP contribution in [0, 0.1) is 0 Å². The molecule has 0 spiro atoms. The quantitative estimate of drug-likeness (QED) is 0.770. The van der Waals surface area contributed by atoms with E-state index in [1.165, 1.54) is 4.57 Å². The maximum absolute atomic E-state index is 12.9. The molecule has 0 aliphatic heterocycles. The topological polar surface area (TPSA) is 44.0 Å². The average molecular weight is 300 g/mol. The van der Waals surface area contributed by atoms with Crippen molar-refractivity contribution in [3.63, 3.8) is 0 Å². The molecule has 0 unspecified atom stereocenters. The molecule has 1 aromatic carbocycles. The molecule has 0 fully saturated rings. The van der Waals surface area contributed by atoms with Gasteiger partial charge in [-0.25, -0.2) is 9.36 Å². The second kappa shape index (κ2) is 7.25. The summed E-state index contributed by atoms with van der Waals surface area (Å²) in [6.07, 6.45) is 4.61. The van der Waals surface area contributed by atoms with Crippen molar-refractivity contribution in [3.05, 3.63) is 62.4 Å². The Labute approximate surface area is 131 Å². The first-order chi connectivity index (χ1) is 10.6. The van der Waals surface area contributed by atoms with E-state index in [1.54, 1.807) is 23.7 Å². The largest absolute Gasteiger partial charge is 0.335 e. The minimum atomic E-state index is -0.271. The third-order valence-corrected chi connectivity index (χ3v) is 4.07. The van der Waals surface area contributed by atoms with Crippen LogP contribution in [0.3, 0.4) is 0 Å². The van der Waals surface area contributed by atoms with Crippen molar-refractivity contribution < 1.29 is 0 Å². The summed E-state index contributed by atoms with van der Waals surface area (Å²) in [5, 5.41) is 0. The van der Waals surface area contributed by atoms with Crippen molar-refractivity contribution in [2.75, 3.05) is 0 Å². The van der Waals surface area contributed by atoms with Crippen LogP contribution in [0.5, 0.6) is 0 Å². The molecule has 0 amide bonds. The van der Waals surface area contributed by atoms with Gasteiger partial charge in [0.05, 0.1) is 5.69 Å². The fraction of sp³-hybridized carbons (Fsp3) is 0.444. The molecule has 0 aliphatic carbocycles. The molecule has 22 heavy (non-hydrogen) atoms. The molecule has 0 aliphatic rings. The molecule has 4 heteroatoms. The third-order valence-electron chi connectivity index (χ3n) is 4.07. The maximum Gasteiger partial charge on any atom is 0.335 e. The summed E-state index contributed by atoms with van der Waals surface area (Å²) in [5.41, 5.74) is 1.84. The van der Waals surface area contributed by atoms with Crippen LogP contribution in [0.25, 0.3) is 5.69 Å². The van der Waals surface area contributed by atoms with Crippen molar-refractivity contribution in [1.82, 2.24) is 9.13 Å². The maximum atomic E-state index is 12.9. The van der Waals surface area contributed by atoms with Crippen molar-refractivity contribution >= 4 is 0 Å². The molecule has 0 saturated carbocycles. The van der Waals surface area contributed by atoms with Crippen LogP contribution < -0.4 is 11.2 Å². The number of hydrogen-bond donors (Lipinski definition) is 0. The first-order valence-electron chi connectivity index (χ1n) is 8.01. The average Bonchev–Trinajstić information content (AvgIpc) is 2.54. The van der Waals surface area contributed by atoms with Crippen molar-refractivity contribution in [3.8, 4) is 5.69 Å². The third kappa shape index (κ3) is 3.06. The molecule has 1 aromatic heterocycles. The van der Waals surface area contributed by atoms with Crippen LogP contribution in [-0.2, 0) is 19.9 Å². The van der Waals surface area contributed by atoms with Gasteiger partial charge in [0, 0.05) is 18.3 Å². The summed E-state index contributed by atoms with van der Waals surface area (Å²) in [6, 6.07) is 9.15. The summed E-state index contributed by atoms with van der Waals surface area (Å²) >= 11 is 0. The second-order valence-corrected chi connectivity index (χ2v) is 5.55. The Morgan fingerprint density at radius 2 is 1.68 bits per heavy atom. The van der Waals surface area contributed by atoms with E-state index in [0.717, 1.165) is 36.9 Å². The van der Waals surface area contributed by atoms with E-state index in [1.807, 2.05) is 25.1 Å². The number of benzene rings is 1. The van der Waals surface area contributed by atoms with E-state index < -0.39 is 0 Å². The van der Waals surface area contributed by atoms with Gasteiger partial charge in [-0.3, -0.25) is 4.79 Å². The van der Waals surface area contributed by atoms with E-state index in [2.05, 4.69) is 6.92 Å². The molecule has 0 bridgehead atoms. The highest BCUT2D eigenvalue weighted by Gasteiger charge is 2.16. The Hall–Kier alpha value is -2.10. The monoisotopic (exact) mass is 300 g/mol. The molecule has 0 N–H and O–H groups in total.